The van der Waals surface area contributed by atoms with Crippen LogP contribution in [0.5, 0.6) is 0 Å². The standard InChI is InChI=1S/CHNS.Fe.H3N.H2O4S/c2-1-3;;;1-5(2,3)4/h3H;;1H3;(H2,1,2,3,4)/q;+2;;/p-2. The Kier molecular flexibility index (Phi) is 26.6. The molecule has 0 rings (SSSR count). The van der Waals surface area contributed by atoms with Crippen LogP contribution in [-0.4, -0.2) is 17.5 Å². The first-order valence-electron chi connectivity index (χ1n) is 1.09. The number of nitrogens with zero attached hydrogens (tertiary/aromatic N) is 1. The Labute approximate surface area is 74.7 Å². The zero-order valence-corrected chi connectivity index (χ0v) is 7.49. The van der Waals surface area contributed by atoms with Gasteiger partial charge < -0.3 is 27.9 Å². The molecule has 4 N–H and O–H groups in total. The Hall–Kier alpha value is 0.0595. The van der Waals surface area contributed by atoms with Crippen molar-refractivity contribution in [3.8, 4) is 5.40 Å². The molecule has 10 heavy (non-hydrogen) atoms. The summed E-state index contributed by atoms with van der Waals surface area (Å²) >= 11 is 3.70. The van der Waals surface area contributed by atoms with Gasteiger partial charge in [-0.25, -0.2) is 5.26 Å². The molecule has 0 saturated heterocycles. The van der Waals surface area contributed by atoms with Gasteiger partial charge in [0, 0.05) is 10.4 Å². The van der Waals surface area contributed by atoms with Gasteiger partial charge in [-0.15, -0.1) is 0 Å². The van der Waals surface area contributed by atoms with E-state index in [2.05, 4.69) is 12.6 Å². The Morgan fingerprint density at radius 1 is 1.40 bits per heavy atom. The van der Waals surface area contributed by atoms with E-state index in [4.69, 9.17) is 22.8 Å². The van der Waals surface area contributed by atoms with Crippen molar-refractivity contribution >= 4 is 23.0 Å². The molecule has 0 aliphatic rings. The van der Waals surface area contributed by atoms with Gasteiger partial charge in [0.25, 0.3) is 0 Å². The molecular formula is CH4FeN2O4S2. The molecule has 6 nitrogen and oxygen atoms in total. The van der Waals surface area contributed by atoms with Crippen molar-refractivity contribution in [2.45, 2.75) is 0 Å². The van der Waals surface area contributed by atoms with Crippen LogP contribution in [0.4, 0.5) is 0 Å². The molecule has 0 fully saturated rings. The maximum atomic E-state index is 8.52. The number of nitriles is 1. The molecule has 0 radical (unpaired) electrons. The van der Waals surface area contributed by atoms with Crippen molar-refractivity contribution in [3.05, 3.63) is 0 Å². The Balaban J connectivity index is -0.0000000326. The van der Waals surface area contributed by atoms with E-state index in [1.165, 1.54) is 5.40 Å². The molecule has 0 aliphatic carbocycles. The molecule has 0 atom stereocenters. The molecule has 62 valence electrons. The SMILES string of the molecule is N#C[S-].O=S(=O)([O-])[O-].[Fe+2].[NH4+]. The summed E-state index contributed by atoms with van der Waals surface area (Å²) in [5, 5.41) is 8.47. The zero-order chi connectivity index (χ0) is 7.21. The quantitative estimate of drug-likeness (QED) is 0.186. The first-order chi connectivity index (χ1) is 3.41. The van der Waals surface area contributed by atoms with Crippen molar-refractivity contribution in [2.75, 3.05) is 0 Å². The van der Waals surface area contributed by atoms with Crippen LogP contribution in [0, 0.1) is 10.7 Å². The summed E-state index contributed by atoms with van der Waals surface area (Å²) in [7, 11) is -5.17. The Morgan fingerprint density at radius 3 is 1.40 bits per heavy atom. The second kappa shape index (κ2) is 11.8. The molecule has 0 saturated carbocycles. The number of hydrogen-bond donors (Lipinski definition) is 1. The number of quaternary nitrogens is 1. The van der Waals surface area contributed by atoms with Crippen molar-refractivity contribution in [2.24, 2.45) is 0 Å². The summed E-state index contributed by atoms with van der Waals surface area (Å²) in [4.78, 5) is 0. The van der Waals surface area contributed by atoms with E-state index in [1.54, 1.807) is 0 Å². The van der Waals surface area contributed by atoms with Crippen molar-refractivity contribution in [3.63, 3.8) is 0 Å². The van der Waals surface area contributed by atoms with Gasteiger partial charge >= 0.3 is 17.1 Å². The first-order valence-corrected chi connectivity index (χ1v) is 2.84. The van der Waals surface area contributed by atoms with E-state index < -0.39 is 10.4 Å². The van der Waals surface area contributed by atoms with Crippen LogP contribution >= 0.6 is 0 Å². The maximum Gasteiger partial charge on any atom is 2.00 e. The fourth-order valence-corrected chi connectivity index (χ4v) is 0. The first kappa shape index (κ1) is 22.5. The molecule has 0 heterocycles. The van der Waals surface area contributed by atoms with Gasteiger partial charge in [0.2, 0.25) is 0 Å². The average molecular weight is 228 g/mol. The van der Waals surface area contributed by atoms with Crippen LogP contribution in [0.2, 0.25) is 0 Å². The third-order valence-corrected chi connectivity index (χ3v) is 0. The number of thiocyanates is 1. The van der Waals surface area contributed by atoms with Crippen LogP contribution in [0.3, 0.4) is 0 Å². The summed E-state index contributed by atoms with van der Waals surface area (Å²) in [6.45, 7) is 0. The van der Waals surface area contributed by atoms with Gasteiger partial charge in [-0.2, -0.15) is 0 Å². The molecule has 9 heteroatoms. The van der Waals surface area contributed by atoms with Gasteiger partial charge in [-0.1, -0.05) is 5.40 Å². The van der Waals surface area contributed by atoms with Crippen molar-refractivity contribution in [1.29, 1.82) is 5.26 Å². The summed E-state index contributed by atoms with van der Waals surface area (Å²) in [5.41, 5.74) is 0. The van der Waals surface area contributed by atoms with Gasteiger partial charge in [0.15, 0.2) is 0 Å². The van der Waals surface area contributed by atoms with Crippen LogP contribution in [0.1, 0.15) is 0 Å². The van der Waals surface area contributed by atoms with Gasteiger partial charge in [0.05, 0.1) is 0 Å². The summed E-state index contributed by atoms with van der Waals surface area (Å²) < 4.78 is 34.1. The van der Waals surface area contributed by atoms with Crippen molar-refractivity contribution < 1.29 is 34.6 Å². The van der Waals surface area contributed by atoms with Crippen LogP contribution < -0.4 is 6.15 Å². The largest absolute Gasteiger partial charge is 2.00 e. The van der Waals surface area contributed by atoms with Crippen LogP contribution in [0.15, 0.2) is 0 Å². The molecule has 0 aliphatic heterocycles. The molecule has 0 bridgehead atoms. The third kappa shape index (κ3) is 114000. The topological polar surface area (TPSA) is 141 Å². The minimum absolute atomic E-state index is 0. The van der Waals surface area contributed by atoms with Crippen LogP contribution in [-0.2, 0) is 40.1 Å². The molecule has 0 spiro atoms. The van der Waals surface area contributed by atoms with E-state index in [0.29, 0.717) is 0 Å². The molecule has 0 aromatic rings. The molecule has 0 unspecified atom stereocenters. The van der Waals surface area contributed by atoms with E-state index >= 15 is 0 Å². The summed E-state index contributed by atoms with van der Waals surface area (Å²) in [6, 6.07) is 0. The monoisotopic (exact) mass is 228 g/mol. The minimum Gasteiger partial charge on any atom is -0.759 e. The molecule has 0 aromatic carbocycles. The second-order valence-electron chi connectivity index (χ2n) is 0.500. The van der Waals surface area contributed by atoms with Crippen LogP contribution in [0.25, 0.3) is 0 Å². The smallest absolute Gasteiger partial charge is 0.759 e. The van der Waals surface area contributed by atoms with Gasteiger partial charge in [-0.05, 0) is 0 Å². The number of hydrogen-bond acceptors (Lipinski definition) is 6. The molecular weight excluding hydrogens is 224 g/mol. The molecule has 0 aromatic heterocycles. The predicted molar refractivity (Wildman–Crippen MR) is 29.4 cm³/mol. The van der Waals surface area contributed by atoms with E-state index in [0.717, 1.165) is 0 Å². The molecule has 0 amide bonds. The Morgan fingerprint density at radius 2 is 1.40 bits per heavy atom. The third-order valence-electron chi connectivity index (χ3n) is 0. The fourth-order valence-electron chi connectivity index (χ4n) is 0. The second-order valence-corrected chi connectivity index (χ2v) is 1.50. The maximum absolute atomic E-state index is 8.52. The average Bonchev–Trinajstić information content (AvgIpc) is 1.27. The van der Waals surface area contributed by atoms with E-state index in [-0.39, 0.29) is 23.2 Å². The Bertz CT molecular complexity index is 162. The van der Waals surface area contributed by atoms with Gasteiger partial charge in [-0.3, -0.25) is 8.42 Å². The fraction of sp³-hybridized carbons (Fsp3) is 0. The number of rotatable bonds is 0. The minimum atomic E-state index is -5.17. The predicted octanol–water partition coefficient (Wildman–Crippen LogP) is -0.950. The van der Waals surface area contributed by atoms with Crippen molar-refractivity contribution in [1.82, 2.24) is 6.15 Å². The normalized spacial score (nSPS) is 6.50. The zero-order valence-electron chi connectivity index (χ0n) is 4.75. The summed E-state index contributed by atoms with van der Waals surface area (Å²) in [5.74, 6) is 0. The van der Waals surface area contributed by atoms with E-state index in [1.807, 2.05) is 0 Å². The summed E-state index contributed by atoms with van der Waals surface area (Å²) in [6.07, 6.45) is 0. The van der Waals surface area contributed by atoms with E-state index in [9.17, 15) is 0 Å². The van der Waals surface area contributed by atoms with Gasteiger partial charge in [0.1, 0.15) is 0 Å².